The Labute approximate surface area is 191 Å². The molecule has 1 aliphatic rings. The first-order valence-corrected chi connectivity index (χ1v) is 10.7. The largest absolute Gasteiger partial charge is 0.449 e. The van der Waals surface area contributed by atoms with Crippen molar-refractivity contribution in [2.75, 3.05) is 13.2 Å². The van der Waals surface area contributed by atoms with Crippen LogP contribution in [0, 0.1) is 11.8 Å². The molecule has 1 N–H and O–H groups in total. The van der Waals surface area contributed by atoms with Crippen LogP contribution >= 0.6 is 11.6 Å². The molecular formula is C27H19ClN2O2. The number of hydrogen-bond acceptors (Lipinski definition) is 3. The summed E-state index contributed by atoms with van der Waals surface area (Å²) < 4.78 is 5.53. The van der Waals surface area contributed by atoms with E-state index in [1.54, 1.807) is 6.20 Å². The molecule has 1 amide bonds. The molecule has 4 aromatic rings. The van der Waals surface area contributed by atoms with Crippen LogP contribution in [0.15, 0.2) is 79.0 Å². The molecule has 1 aromatic heterocycles. The SMILES string of the molecule is O=C(NCC#Cc1cnc(Cl)c2ccccc12)OCC1c2ccccc2-c2ccccc21. The first kappa shape index (κ1) is 20.1. The molecule has 5 heteroatoms. The molecule has 1 heterocycles. The van der Waals surface area contributed by atoms with Crippen molar-refractivity contribution >= 4 is 28.5 Å². The summed E-state index contributed by atoms with van der Waals surface area (Å²) in [6.45, 7) is 0.451. The first-order chi connectivity index (χ1) is 15.7. The van der Waals surface area contributed by atoms with E-state index in [1.807, 2.05) is 48.5 Å². The highest BCUT2D eigenvalue weighted by atomic mass is 35.5. The van der Waals surface area contributed by atoms with Gasteiger partial charge in [0.25, 0.3) is 0 Å². The van der Waals surface area contributed by atoms with Crippen molar-refractivity contribution in [2.45, 2.75) is 5.92 Å². The van der Waals surface area contributed by atoms with E-state index in [2.05, 4.69) is 46.4 Å². The minimum absolute atomic E-state index is 0.0331. The van der Waals surface area contributed by atoms with Crippen LogP contribution in [-0.2, 0) is 4.74 Å². The molecule has 5 rings (SSSR count). The van der Waals surface area contributed by atoms with E-state index in [0.717, 1.165) is 16.3 Å². The van der Waals surface area contributed by atoms with Crippen LogP contribution in [0.1, 0.15) is 22.6 Å². The number of aromatic nitrogens is 1. The second-order valence-corrected chi connectivity index (χ2v) is 7.85. The fourth-order valence-corrected chi connectivity index (χ4v) is 4.38. The lowest BCUT2D eigenvalue weighted by Gasteiger charge is -2.14. The Morgan fingerprint density at radius 3 is 2.28 bits per heavy atom. The Morgan fingerprint density at radius 1 is 0.938 bits per heavy atom. The van der Waals surface area contributed by atoms with Gasteiger partial charge in [0.05, 0.1) is 12.1 Å². The summed E-state index contributed by atoms with van der Waals surface area (Å²) in [5, 5.41) is 4.93. The third kappa shape index (κ3) is 3.79. The van der Waals surface area contributed by atoms with Crippen LogP contribution in [0.5, 0.6) is 0 Å². The van der Waals surface area contributed by atoms with E-state index in [-0.39, 0.29) is 19.1 Å². The molecule has 3 aromatic carbocycles. The lowest BCUT2D eigenvalue weighted by molar-refractivity contribution is 0.144. The fourth-order valence-electron chi connectivity index (χ4n) is 4.16. The molecule has 0 bridgehead atoms. The minimum atomic E-state index is -0.486. The summed E-state index contributed by atoms with van der Waals surface area (Å²) in [7, 11) is 0. The normalized spacial score (nSPS) is 11.9. The molecular weight excluding hydrogens is 420 g/mol. The molecule has 0 saturated heterocycles. The third-order valence-corrected chi connectivity index (χ3v) is 5.94. The molecule has 1 aliphatic carbocycles. The summed E-state index contributed by atoms with van der Waals surface area (Å²) in [4.78, 5) is 16.4. The molecule has 0 radical (unpaired) electrons. The number of nitrogens with one attached hydrogen (secondary N) is 1. The molecule has 0 spiro atoms. The fraction of sp³-hybridized carbons (Fsp3) is 0.111. The lowest BCUT2D eigenvalue weighted by Crippen LogP contribution is -2.26. The van der Waals surface area contributed by atoms with Crippen molar-refractivity contribution in [2.24, 2.45) is 0 Å². The number of fused-ring (bicyclic) bond motifs is 4. The highest BCUT2D eigenvalue weighted by molar-refractivity contribution is 6.34. The molecule has 0 fully saturated rings. The monoisotopic (exact) mass is 438 g/mol. The number of amides is 1. The average molecular weight is 439 g/mol. The van der Waals surface area contributed by atoms with Crippen molar-refractivity contribution < 1.29 is 9.53 Å². The van der Waals surface area contributed by atoms with E-state index in [1.165, 1.54) is 22.3 Å². The summed E-state index contributed by atoms with van der Waals surface area (Å²) in [5.41, 5.74) is 5.53. The van der Waals surface area contributed by atoms with Crippen molar-refractivity contribution in [3.05, 3.63) is 101 Å². The van der Waals surface area contributed by atoms with E-state index in [9.17, 15) is 4.79 Å². The number of pyridine rings is 1. The maximum Gasteiger partial charge on any atom is 0.407 e. The molecule has 32 heavy (non-hydrogen) atoms. The number of rotatable bonds is 3. The van der Waals surface area contributed by atoms with Gasteiger partial charge in [-0.1, -0.05) is 96.2 Å². The summed E-state index contributed by atoms with van der Waals surface area (Å²) in [6.07, 6.45) is 1.16. The molecule has 0 saturated carbocycles. The van der Waals surface area contributed by atoms with E-state index >= 15 is 0 Å². The van der Waals surface area contributed by atoms with Crippen molar-refractivity contribution in [3.8, 4) is 23.0 Å². The molecule has 0 unspecified atom stereocenters. The zero-order chi connectivity index (χ0) is 21.9. The smallest absolute Gasteiger partial charge is 0.407 e. The molecule has 0 aliphatic heterocycles. The molecule has 0 atom stereocenters. The average Bonchev–Trinajstić information content (AvgIpc) is 3.16. The maximum atomic E-state index is 12.3. The highest BCUT2D eigenvalue weighted by Gasteiger charge is 2.28. The number of ether oxygens (including phenoxy) is 1. The number of alkyl carbamates (subject to hydrolysis) is 1. The Morgan fingerprint density at radius 2 is 1.56 bits per heavy atom. The van der Waals surface area contributed by atoms with Crippen LogP contribution < -0.4 is 5.32 Å². The number of benzene rings is 3. The van der Waals surface area contributed by atoms with Gasteiger partial charge in [0.2, 0.25) is 0 Å². The van der Waals surface area contributed by atoms with Crippen molar-refractivity contribution in [1.82, 2.24) is 10.3 Å². The molecule has 4 nitrogen and oxygen atoms in total. The summed E-state index contributed by atoms with van der Waals surface area (Å²) in [6, 6.07) is 24.2. The van der Waals surface area contributed by atoms with Crippen molar-refractivity contribution in [3.63, 3.8) is 0 Å². The van der Waals surface area contributed by atoms with Gasteiger partial charge in [0.1, 0.15) is 11.8 Å². The minimum Gasteiger partial charge on any atom is -0.449 e. The Bertz CT molecular complexity index is 1340. The van der Waals surface area contributed by atoms with Crippen LogP contribution in [0.3, 0.4) is 0 Å². The van der Waals surface area contributed by atoms with Crippen molar-refractivity contribution in [1.29, 1.82) is 0 Å². The standard InChI is InChI=1S/C27H19ClN2O2/c28-26-24-14-6-1-9-19(24)18(16-30-26)8-7-15-29-27(31)32-17-25-22-12-4-2-10-20(22)21-11-3-5-13-23(21)25/h1-6,9-14,16,25H,15,17H2,(H,29,31). The van der Waals surface area contributed by atoms with Gasteiger partial charge in [0.15, 0.2) is 0 Å². The van der Waals surface area contributed by atoms with Gasteiger partial charge in [-0.3, -0.25) is 0 Å². The summed E-state index contributed by atoms with van der Waals surface area (Å²) >= 11 is 6.15. The van der Waals surface area contributed by atoms with Gasteiger partial charge in [-0.25, -0.2) is 9.78 Å². The highest BCUT2D eigenvalue weighted by Crippen LogP contribution is 2.44. The van der Waals surface area contributed by atoms with Gasteiger partial charge in [0, 0.05) is 22.9 Å². The van der Waals surface area contributed by atoms with Gasteiger partial charge in [-0.2, -0.15) is 0 Å². The predicted molar refractivity (Wildman–Crippen MR) is 127 cm³/mol. The Hall–Kier alpha value is -3.81. The van der Waals surface area contributed by atoms with E-state index in [4.69, 9.17) is 16.3 Å². The first-order valence-electron chi connectivity index (χ1n) is 10.3. The zero-order valence-corrected chi connectivity index (χ0v) is 17.9. The van der Waals surface area contributed by atoms with E-state index < -0.39 is 6.09 Å². The van der Waals surface area contributed by atoms with Gasteiger partial charge in [-0.05, 0) is 22.3 Å². The zero-order valence-electron chi connectivity index (χ0n) is 17.1. The number of hydrogen-bond donors (Lipinski definition) is 1. The number of carbonyl (C=O) groups excluding carboxylic acids is 1. The topological polar surface area (TPSA) is 51.2 Å². The number of halogens is 1. The van der Waals surface area contributed by atoms with Gasteiger partial charge < -0.3 is 10.1 Å². The second kappa shape index (κ2) is 8.74. The third-order valence-electron chi connectivity index (χ3n) is 5.63. The van der Waals surface area contributed by atoms with Crippen LogP contribution in [-0.4, -0.2) is 24.2 Å². The van der Waals surface area contributed by atoms with E-state index in [0.29, 0.717) is 5.15 Å². The Balaban J connectivity index is 1.22. The van der Waals surface area contributed by atoms with Crippen LogP contribution in [0.2, 0.25) is 5.15 Å². The predicted octanol–water partition coefficient (Wildman–Crippen LogP) is 5.78. The number of carbonyl (C=O) groups is 1. The number of nitrogens with zero attached hydrogens (tertiary/aromatic N) is 1. The van der Waals surface area contributed by atoms with Crippen LogP contribution in [0.25, 0.3) is 21.9 Å². The molecule has 156 valence electrons. The second-order valence-electron chi connectivity index (χ2n) is 7.49. The van der Waals surface area contributed by atoms with Crippen LogP contribution in [0.4, 0.5) is 4.79 Å². The Kier molecular flexibility index (Phi) is 5.49. The maximum absolute atomic E-state index is 12.3. The van der Waals surface area contributed by atoms with Gasteiger partial charge in [-0.15, -0.1) is 0 Å². The van der Waals surface area contributed by atoms with Gasteiger partial charge >= 0.3 is 6.09 Å². The quantitative estimate of drug-likeness (QED) is 0.326. The lowest BCUT2D eigenvalue weighted by atomic mass is 9.98. The summed E-state index contributed by atoms with van der Waals surface area (Å²) in [5.74, 6) is 6.04.